The zero-order valence-electron chi connectivity index (χ0n) is 12.2. The number of fused-ring (bicyclic) bond motifs is 1. The van der Waals surface area contributed by atoms with Gasteiger partial charge in [-0.2, -0.15) is 0 Å². The molecular formula is C17H14O5. The minimum Gasteiger partial charge on any atom is -0.493 e. The topological polar surface area (TPSA) is 61.8 Å². The van der Waals surface area contributed by atoms with Crippen molar-refractivity contribution in [3.8, 4) is 17.2 Å². The van der Waals surface area contributed by atoms with Crippen molar-refractivity contribution in [3.05, 3.63) is 53.6 Å². The molecular weight excluding hydrogens is 284 g/mol. The molecule has 0 saturated heterocycles. The highest BCUT2D eigenvalue weighted by atomic mass is 16.5. The molecule has 0 aliphatic carbocycles. The van der Waals surface area contributed by atoms with Crippen LogP contribution in [0.1, 0.15) is 22.0 Å². The third-order valence-corrected chi connectivity index (χ3v) is 3.54. The summed E-state index contributed by atoms with van der Waals surface area (Å²) >= 11 is 0. The number of hydrogen-bond acceptors (Lipinski definition) is 5. The molecule has 2 aromatic carbocycles. The Morgan fingerprint density at radius 2 is 1.68 bits per heavy atom. The average molecular weight is 298 g/mol. The molecule has 1 unspecified atom stereocenters. The van der Waals surface area contributed by atoms with Crippen molar-refractivity contribution >= 4 is 11.6 Å². The summed E-state index contributed by atoms with van der Waals surface area (Å²) in [5.41, 5.74) is 0.750. The van der Waals surface area contributed by atoms with Crippen LogP contribution in [0.25, 0.3) is 0 Å². The van der Waals surface area contributed by atoms with Crippen molar-refractivity contribution in [2.75, 3.05) is 14.2 Å². The third kappa shape index (κ3) is 2.11. The SMILES string of the molecule is COc1ccc2c(c1OC)C(=O)C(=O)C(c1ccccc1)O2. The maximum absolute atomic E-state index is 12.5. The average Bonchev–Trinajstić information content (AvgIpc) is 2.57. The van der Waals surface area contributed by atoms with Gasteiger partial charge in [0.05, 0.1) is 14.2 Å². The van der Waals surface area contributed by atoms with Crippen molar-refractivity contribution in [3.63, 3.8) is 0 Å². The van der Waals surface area contributed by atoms with Gasteiger partial charge in [0, 0.05) is 5.56 Å². The molecule has 0 aromatic heterocycles. The van der Waals surface area contributed by atoms with Gasteiger partial charge in [0.1, 0.15) is 11.3 Å². The first-order valence-electron chi connectivity index (χ1n) is 6.72. The molecule has 1 heterocycles. The third-order valence-electron chi connectivity index (χ3n) is 3.54. The van der Waals surface area contributed by atoms with Gasteiger partial charge >= 0.3 is 0 Å². The molecule has 0 fully saturated rings. The summed E-state index contributed by atoms with van der Waals surface area (Å²) in [7, 11) is 2.88. The van der Waals surface area contributed by atoms with E-state index in [4.69, 9.17) is 14.2 Å². The minimum absolute atomic E-state index is 0.110. The fraction of sp³-hybridized carbons (Fsp3) is 0.176. The number of carbonyl (C=O) groups excluding carboxylic acids is 2. The maximum atomic E-state index is 12.5. The number of carbonyl (C=O) groups is 2. The van der Waals surface area contributed by atoms with Gasteiger partial charge < -0.3 is 14.2 Å². The van der Waals surface area contributed by atoms with E-state index in [2.05, 4.69) is 0 Å². The molecule has 0 radical (unpaired) electrons. The Bertz CT molecular complexity index is 736. The number of hydrogen-bond donors (Lipinski definition) is 0. The first-order valence-corrected chi connectivity index (χ1v) is 6.72. The van der Waals surface area contributed by atoms with Crippen LogP contribution in [-0.2, 0) is 4.79 Å². The highest BCUT2D eigenvalue weighted by Gasteiger charge is 2.39. The second kappa shape index (κ2) is 5.52. The van der Waals surface area contributed by atoms with Crippen molar-refractivity contribution < 1.29 is 23.8 Å². The molecule has 3 rings (SSSR count). The van der Waals surface area contributed by atoms with Crippen LogP contribution in [0.4, 0.5) is 0 Å². The van der Waals surface area contributed by atoms with E-state index in [-0.39, 0.29) is 11.3 Å². The molecule has 1 atom stereocenters. The number of rotatable bonds is 3. The van der Waals surface area contributed by atoms with Crippen LogP contribution in [0.5, 0.6) is 17.2 Å². The molecule has 0 spiro atoms. The number of Topliss-reactive ketones (excluding diaryl/α,β-unsaturated/α-hetero) is 2. The largest absolute Gasteiger partial charge is 0.493 e. The van der Waals surface area contributed by atoms with Gasteiger partial charge in [0.15, 0.2) is 17.6 Å². The summed E-state index contributed by atoms with van der Waals surface area (Å²) in [6.45, 7) is 0. The highest BCUT2D eigenvalue weighted by molar-refractivity contribution is 6.47. The van der Waals surface area contributed by atoms with Gasteiger partial charge in [0.25, 0.3) is 0 Å². The maximum Gasteiger partial charge on any atom is 0.248 e. The lowest BCUT2D eigenvalue weighted by atomic mass is 9.94. The second-order valence-electron chi connectivity index (χ2n) is 4.78. The molecule has 112 valence electrons. The molecule has 22 heavy (non-hydrogen) atoms. The summed E-state index contributed by atoms with van der Waals surface area (Å²) in [6.07, 6.45) is -0.931. The Labute approximate surface area is 127 Å². The van der Waals surface area contributed by atoms with E-state index in [1.54, 1.807) is 36.4 Å². The second-order valence-corrected chi connectivity index (χ2v) is 4.78. The smallest absolute Gasteiger partial charge is 0.248 e. The summed E-state index contributed by atoms with van der Waals surface area (Å²) in [5, 5.41) is 0. The normalized spacial score (nSPS) is 16.7. The highest BCUT2D eigenvalue weighted by Crippen LogP contribution is 2.42. The van der Waals surface area contributed by atoms with Crippen LogP contribution in [0.2, 0.25) is 0 Å². The fourth-order valence-corrected chi connectivity index (χ4v) is 2.49. The zero-order chi connectivity index (χ0) is 15.7. The molecule has 2 aromatic rings. The lowest BCUT2D eigenvalue weighted by Gasteiger charge is -2.26. The first kappa shape index (κ1) is 14.1. The van der Waals surface area contributed by atoms with Crippen molar-refractivity contribution in [1.29, 1.82) is 0 Å². The summed E-state index contributed by atoms with van der Waals surface area (Å²) < 4.78 is 16.1. The zero-order valence-corrected chi connectivity index (χ0v) is 12.2. The molecule has 0 amide bonds. The summed E-state index contributed by atoms with van der Waals surface area (Å²) in [6, 6.07) is 12.2. The first-order chi connectivity index (χ1) is 10.7. The molecule has 1 aliphatic rings. The minimum atomic E-state index is -0.931. The van der Waals surface area contributed by atoms with Crippen LogP contribution < -0.4 is 14.2 Å². The van der Waals surface area contributed by atoms with Crippen LogP contribution in [-0.4, -0.2) is 25.8 Å². The van der Waals surface area contributed by atoms with Gasteiger partial charge in [-0.15, -0.1) is 0 Å². The number of methoxy groups -OCH3 is 2. The van der Waals surface area contributed by atoms with Crippen LogP contribution in [0.15, 0.2) is 42.5 Å². The van der Waals surface area contributed by atoms with Gasteiger partial charge in [-0.05, 0) is 12.1 Å². The molecule has 1 aliphatic heterocycles. The Morgan fingerprint density at radius 1 is 0.955 bits per heavy atom. The molecule has 0 N–H and O–H groups in total. The van der Waals surface area contributed by atoms with Crippen molar-refractivity contribution in [1.82, 2.24) is 0 Å². The number of ether oxygens (including phenoxy) is 3. The number of benzene rings is 2. The molecule has 5 nitrogen and oxygen atoms in total. The van der Waals surface area contributed by atoms with Crippen molar-refractivity contribution in [2.45, 2.75) is 6.10 Å². The Balaban J connectivity index is 2.11. The van der Waals surface area contributed by atoms with Gasteiger partial charge in [-0.3, -0.25) is 9.59 Å². The Kier molecular flexibility index (Phi) is 3.55. The van der Waals surface area contributed by atoms with Gasteiger partial charge in [-0.25, -0.2) is 0 Å². The van der Waals surface area contributed by atoms with E-state index >= 15 is 0 Å². The van der Waals surface area contributed by atoms with E-state index in [9.17, 15) is 9.59 Å². The molecule has 0 saturated carbocycles. The molecule has 5 heteroatoms. The fourth-order valence-electron chi connectivity index (χ4n) is 2.49. The standard InChI is InChI=1S/C17H14O5/c1-20-12-9-8-11-13(17(12)21-2)14(18)15(19)16(22-11)10-6-4-3-5-7-10/h3-9,16H,1-2H3. The lowest BCUT2D eigenvalue weighted by molar-refractivity contribution is -0.122. The van der Waals surface area contributed by atoms with E-state index in [0.29, 0.717) is 17.1 Å². The number of ketones is 2. The predicted octanol–water partition coefficient (Wildman–Crippen LogP) is 2.59. The predicted molar refractivity (Wildman–Crippen MR) is 78.7 cm³/mol. The van der Waals surface area contributed by atoms with E-state index in [1.807, 2.05) is 6.07 Å². The monoisotopic (exact) mass is 298 g/mol. The van der Waals surface area contributed by atoms with Crippen molar-refractivity contribution in [2.24, 2.45) is 0 Å². The summed E-state index contributed by atoms with van der Waals surface area (Å²) in [4.78, 5) is 24.9. The van der Waals surface area contributed by atoms with Crippen LogP contribution >= 0.6 is 0 Å². The summed E-state index contributed by atoms with van der Waals surface area (Å²) in [5.74, 6) is -0.346. The quantitative estimate of drug-likeness (QED) is 0.815. The molecule has 0 bridgehead atoms. The Hall–Kier alpha value is -2.82. The van der Waals surface area contributed by atoms with Crippen LogP contribution in [0, 0.1) is 0 Å². The van der Waals surface area contributed by atoms with E-state index < -0.39 is 17.7 Å². The van der Waals surface area contributed by atoms with Gasteiger partial charge in [-0.1, -0.05) is 30.3 Å². The lowest BCUT2D eigenvalue weighted by Crippen LogP contribution is -2.32. The van der Waals surface area contributed by atoms with E-state index in [1.165, 1.54) is 14.2 Å². The van der Waals surface area contributed by atoms with Crippen LogP contribution in [0.3, 0.4) is 0 Å². The Morgan fingerprint density at radius 3 is 2.32 bits per heavy atom. The van der Waals surface area contributed by atoms with E-state index in [0.717, 1.165) is 0 Å². The van der Waals surface area contributed by atoms with Gasteiger partial charge in [0.2, 0.25) is 11.6 Å².